The van der Waals surface area contributed by atoms with Crippen molar-refractivity contribution in [2.75, 3.05) is 7.11 Å². The van der Waals surface area contributed by atoms with Crippen molar-refractivity contribution < 1.29 is 13.9 Å². The fourth-order valence-electron chi connectivity index (χ4n) is 1.85. The van der Waals surface area contributed by atoms with Gasteiger partial charge in [-0.15, -0.1) is 0 Å². The van der Waals surface area contributed by atoms with Crippen LogP contribution in [0.1, 0.15) is 11.1 Å². The molecule has 0 aromatic heterocycles. The predicted molar refractivity (Wildman–Crippen MR) is 76.6 cm³/mol. The van der Waals surface area contributed by atoms with Crippen molar-refractivity contribution in [2.45, 2.75) is 13.2 Å². The molecule has 0 aliphatic heterocycles. The van der Waals surface area contributed by atoms with Crippen molar-refractivity contribution >= 4 is 11.6 Å². The monoisotopic (exact) mass is 295 g/mol. The highest BCUT2D eigenvalue weighted by molar-refractivity contribution is 6.30. The quantitative estimate of drug-likeness (QED) is 0.918. The van der Waals surface area contributed by atoms with Gasteiger partial charge in [0.05, 0.1) is 7.11 Å². The molecule has 0 atom stereocenters. The van der Waals surface area contributed by atoms with Gasteiger partial charge in [-0.2, -0.15) is 0 Å². The van der Waals surface area contributed by atoms with Crippen molar-refractivity contribution in [3.05, 3.63) is 58.4 Å². The highest BCUT2D eigenvalue weighted by Crippen LogP contribution is 2.31. The largest absolute Gasteiger partial charge is 0.493 e. The normalized spacial score (nSPS) is 10.4. The lowest BCUT2D eigenvalue weighted by molar-refractivity contribution is 0.277. The number of nitrogens with two attached hydrogens (primary N) is 1. The molecule has 0 spiro atoms. The van der Waals surface area contributed by atoms with Crippen LogP contribution in [0.4, 0.5) is 4.39 Å². The minimum absolute atomic E-state index is 0.0553. The smallest absolute Gasteiger partial charge is 0.166 e. The Labute approximate surface area is 122 Å². The van der Waals surface area contributed by atoms with Crippen LogP contribution in [-0.2, 0) is 13.2 Å². The molecule has 2 aromatic rings. The molecule has 0 heterocycles. The second-order valence-electron chi connectivity index (χ2n) is 4.18. The number of rotatable bonds is 5. The Morgan fingerprint density at radius 3 is 2.70 bits per heavy atom. The van der Waals surface area contributed by atoms with Crippen LogP contribution in [-0.4, -0.2) is 7.11 Å². The Kier molecular flexibility index (Phi) is 4.82. The molecule has 0 aliphatic rings. The Bertz CT molecular complexity index is 582. The van der Waals surface area contributed by atoms with E-state index in [1.165, 1.54) is 18.2 Å². The third kappa shape index (κ3) is 3.21. The van der Waals surface area contributed by atoms with Gasteiger partial charge in [-0.05, 0) is 24.3 Å². The van der Waals surface area contributed by atoms with E-state index in [0.717, 1.165) is 5.56 Å². The fourth-order valence-corrected chi connectivity index (χ4v) is 2.05. The molecule has 2 N–H and O–H groups in total. The SMILES string of the molecule is COc1cccc(CN)c1OCc1cc(Cl)ccc1F. The highest BCUT2D eigenvalue weighted by atomic mass is 35.5. The number of benzene rings is 2. The van der Waals surface area contributed by atoms with Crippen LogP contribution in [0.3, 0.4) is 0 Å². The molecular weight excluding hydrogens is 281 g/mol. The molecule has 2 aromatic carbocycles. The number of methoxy groups -OCH3 is 1. The number of hydrogen-bond donors (Lipinski definition) is 1. The summed E-state index contributed by atoms with van der Waals surface area (Å²) in [6.07, 6.45) is 0. The first-order valence-electron chi connectivity index (χ1n) is 6.08. The molecule has 0 saturated heterocycles. The van der Waals surface area contributed by atoms with E-state index in [4.69, 9.17) is 26.8 Å². The van der Waals surface area contributed by atoms with Crippen LogP contribution in [0.25, 0.3) is 0 Å². The van der Waals surface area contributed by atoms with Gasteiger partial charge in [0.1, 0.15) is 12.4 Å². The molecule has 5 heteroatoms. The molecule has 0 amide bonds. The van der Waals surface area contributed by atoms with E-state index in [9.17, 15) is 4.39 Å². The van der Waals surface area contributed by atoms with Crippen LogP contribution in [0, 0.1) is 5.82 Å². The van der Waals surface area contributed by atoms with Crippen LogP contribution < -0.4 is 15.2 Å². The lowest BCUT2D eigenvalue weighted by Crippen LogP contribution is -2.05. The van der Waals surface area contributed by atoms with Gasteiger partial charge in [0.2, 0.25) is 0 Å². The van der Waals surface area contributed by atoms with Gasteiger partial charge in [0, 0.05) is 22.7 Å². The van der Waals surface area contributed by atoms with Crippen molar-refractivity contribution in [1.82, 2.24) is 0 Å². The zero-order valence-corrected chi connectivity index (χ0v) is 11.8. The van der Waals surface area contributed by atoms with Gasteiger partial charge >= 0.3 is 0 Å². The zero-order valence-electron chi connectivity index (χ0n) is 11.0. The minimum Gasteiger partial charge on any atom is -0.493 e. The Morgan fingerprint density at radius 1 is 1.20 bits per heavy atom. The van der Waals surface area contributed by atoms with Crippen LogP contribution >= 0.6 is 11.6 Å². The first-order valence-corrected chi connectivity index (χ1v) is 6.46. The number of halogens is 2. The number of ether oxygens (including phenoxy) is 2. The summed E-state index contributed by atoms with van der Waals surface area (Å²) in [7, 11) is 1.54. The second-order valence-corrected chi connectivity index (χ2v) is 4.61. The van der Waals surface area contributed by atoms with E-state index < -0.39 is 0 Å². The standard InChI is InChI=1S/C15H15ClFNO2/c1-19-14-4-2-3-10(8-18)15(14)20-9-11-7-12(16)5-6-13(11)17/h2-7H,8-9,18H2,1H3. The van der Waals surface area contributed by atoms with Crippen LogP contribution in [0.5, 0.6) is 11.5 Å². The summed E-state index contributed by atoms with van der Waals surface area (Å²) in [5.74, 6) is 0.728. The first kappa shape index (κ1) is 14.6. The molecule has 106 valence electrons. The Morgan fingerprint density at radius 2 is 2.00 bits per heavy atom. The maximum Gasteiger partial charge on any atom is 0.166 e. The van der Waals surface area contributed by atoms with Gasteiger partial charge < -0.3 is 15.2 Å². The van der Waals surface area contributed by atoms with Crippen molar-refractivity contribution in [3.8, 4) is 11.5 Å². The van der Waals surface area contributed by atoms with Gasteiger partial charge in [0.15, 0.2) is 11.5 Å². The van der Waals surface area contributed by atoms with Crippen LogP contribution in [0.2, 0.25) is 5.02 Å². The molecule has 0 fully saturated rings. The summed E-state index contributed by atoms with van der Waals surface area (Å²) in [5, 5.41) is 0.462. The second kappa shape index (κ2) is 6.59. The molecular formula is C15H15ClFNO2. The molecule has 2 rings (SSSR count). The summed E-state index contributed by atoms with van der Waals surface area (Å²) >= 11 is 5.85. The Balaban J connectivity index is 2.24. The third-order valence-electron chi connectivity index (χ3n) is 2.88. The van der Waals surface area contributed by atoms with Crippen molar-refractivity contribution in [2.24, 2.45) is 5.73 Å². The summed E-state index contributed by atoms with van der Waals surface area (Å²) in [4.78, 5) is 0. The summed E-state index contributed by atoms with van der Waals surface area (Å²) in [5.41, 5.74) is 6.85. The van der Waals surface area contributed by atoms with Gasteiger partial charge in [-0.3, -0.25) is 0 Å². The molecule has 0 unspecified atom stereocenters. The lowest BCUT2D eigenvalue weighted by Gasteiger charge is -2.14. The van der Waals surface area contributed by atoms with Crippen molar-refractivity contribution in [1.29, 1.82) is 0 Å². The van der Waals surface area contributed by atoms with Gasteiger partial charge in [-0.1, -0.05) is 23.7 Å². The zero-order chi connectivity index (χ0) is 14.5. The summed E-state index contributed by atoms with van der Waals surface area (Å²) in [6, 6.07) is 9.78. The van der Waals surface area contributed by atoms with Crippen LogP contribution in [0.15, 0.2) is 36.4 Å². The molecule has 3 nitrogen and oxygen atoms in total. The topological polar surface area (TPSA) is 44.5 Å². The molecule has 20 heavy (non-hydrogen) atoms. The minimum atomic E-state index is -0.362. The van der Waals surface area contributed by atoms with E-state index in [1.54, 1.807) is 13.2 Å². The molecule has 0 aliphatic carbocycles. The molecule has 0 bridgehead atoms. The summed E-state index contributed by atoms with van der Waals surface area (Å²) < 4.78 is 24.5. The van der Waals surface area contributed by atoms with E-state index in [1.807, 2.05) is 12.1 Å². The van der Waals surface area contributed by atoms with E-state index in [2.05, 4.69) is 0 Å². The van der Waals surface area contributed by atoms with Gasteiger partial charge in [0.25, 0.3) is 0 Å². The van der Waals surface area contributed by atoms with E-state index in [-0.39, 0.29) is 12.4 Å². The molecule has 0 saturated carbocycles. The van der Waals surface area contributed by atoms with E-state index >= 15 is 0 Å². The maximum atomic E-state index is 13.6. The molecule has 0 radical (unpaired) electrons. The van der Waals surface area contributed by atoms with E-state index in [0.29, 0.717) is 28.6 Å². The lowest BCUT2D eigenvalue weighted by atomic mass is 10.2. The highest BCUT2D eigenvalue weighted by Gasteiger charge is 2.11. The third-order valence-corrected chi connectivity index (χ3v) is 3.12. The first-order chi connectivity index (χ1) is 9.65. The predicted octanol–water partition coefficient (Wildman–Crippen LogP) is 3.53. The Hall–Kier alpha value is -1.78. The average molecular weight is 296 g/mol. The maximum absolute atomic E-state index is 13.6. The van der Waals surface area contributed by atoms with Gasteiger partial charge in [-0.25, -0.2) is 4.39 Å². The number of hydrogen-bond acceptors (Lipinski definition) is 3. The van der Waals surface area contributed by atoms with Crippen molar-refractivity contribution in [3.63, 3.8) is 0 Å². The average Bonchev–Trinajstić information content (AvgIpc) is 2.47. The summed E-state index contributed by atoms with van der Waals surface area (Å²) in [6.45, 7) is 0.365. The fraction of sp³-hybridized carbons (Fsp3) is 0.200. The number of para-hydroxylation sites is 1.